The van der Waals surface area contributed by atoms with E-state index in [0.29, 0.717) is 11.1 Å². The number of aliphatic hydroxyl groups is 1. The lowest BCUT2D eigenvalue weighted by molar-refractivity contribution is -0.136. The van der Waals surface area contributed by atoms with Gasteiger partial charge in [-0.3, -0.25) is 4.79 Å². The van der Waals surface area contributed by atoms with E-state index >= 15 is 0 Å². The van der Waals surface area contributed by atoms with E-state index < -0.39 is 5.60 Å². The van der Waals surface area contributed by atoms with Crippen molar-refractivity contribution in [2.24, 2.45) is 5.41 Å². The molecule has 1 N–H and O–H groups in total. The average molecular weight is 230 g/mol. The predicted molar refractivity (Wildman–Crippen MR) is 67.5 cm³/mol. The highest BCUT2D eigenvalue weighted by Crippen LogP contribution is 2.51. The van der Waals surface area contributed by atoms with Crippen LogP contribution in [0.2, 0.25) is 0 Å². The number of carbonyl (C=O) groups is 1. The summed E-state index contributed by atoms with van der Waals surface area (Å²) in [7, 11) is 0. The quantitative estimate of drug-likeness (QED) is 0.805. The Balaban J connectivity index is 2.58. The Bertz CT molecular complexity index is 491. The maximum Gasteiger partial charge on any atom is 0.199 e. The van der Waals surface area contributed by atoms with E-state index in [1.165, 1.54) is 0 Å². The van der Waals surface area contributed by atoms with E-state index in [2.05, 4.69) is 0 Å². The average Bonchev–Trinajstić information content (AvgIpc) is 2.27. The van der Waals surface area contributed by atoms with Crippen molar-refractivity contribution in [1.82, 2.24) is 0 Å². The van der Waals surface area contributed by atoms with E-state index in [1.807, 2.05) is 39.0 Å². The lowest BCUT2D eigenvalue weighted by atomic mass is 9.60. The van der Waals surface area contributed by atoms with E-state index in [9.17, 15) is 9.90 Å². The molecule has 1 aliphatic carbocycles. The van der Waals surface area contributed by atoms with Crippen LogP contribution >= 0.6 is 0 Å². The molecule has 0 heterocycles. The number of hydrogen-bond donors (Lipinski definition) is 1. The number of hydrogen-bond acceptors (Lipinski definition) is 2. The zero-order chi connectivity index (χ0) is 12.8. The molecule has 0 amide bonds. The summed E-state index contributed by atoms with van der Waals surface area (Å²) in [6.45, 7) is 7.85. The number of carbonyl (C=O) groups excluding carboxylic acids is 1. The van der Waals surface area contributed by atoms with Crippen LogP contribution in [0.5, 0.6) is 0 Å². The molecule has 0 spiro atoms. The first-order valence-electron chi connectivity index (χ1n) is 5.84. The van der Waals surface area contributed by atoms with Gasteiger partial charge in [0.2, 0.25) is 0 Å². The molecule has 2 heteroatoms. The highest BCUT2D eigenvalue weighted by atomic mass is 16.3. The van der Waals surface area contributed by atoms with Crippen molar-refractivity contribution in [2.45, 2.75) is 33.3 Å². The zero-order valence-corrected chi connectivity index (χ0v) is 10.7. The molecule has 0 saturated carbocycles. The summed E-state index contributed by atoms with van der Waals surface area (Å²) in [6, 6.07) is 9.17. The minimum Gasteiger partial charge on any atom is -0.373 e. The van der Waals surface area contributed by atoms with Gasteiger partial charge in [-0.15, -0.1) is 0 Å². The van der Waals surface area contributed by atoms with Crippen LogP contribution in [0.15, 0.2) is 41.5 Å². The van der Waals surface area contributed by atoms with E-state index in [1.54, 1.807) is 19.1 Å². The zero-order valence-electron chi connectivity index (χ0n) is 10.7. The second-order valence-electron chi connectivity index (χ2n) is 5.66. The Hall–Kier alpha value is -1.41. The van der Waals surface area contributed by atoms with Gasteiger partial charge >= 0.3 is 0 Å². The van der Waals surface area contributed by atoms with Gasteiger partial charge in [0.25, 0.3) is 0 Å². The maximum atomic E-state index is 12.0. The summed E-state index contributed by atoms with van der Waals surface area (Å²) in [6.07, 6.45) is 0. The van der Waals surface area contributed by atoms with Crippen LogP contribution in [-0.4, -0.2) is 10.9 Å². The molecule has 1 aromatic carbocycles. The monoisotopic (exact) mass is 230 g/mol. The molecule has 1 atom stereocenters. The van der Waals surface area contributed by atoms with Gasteiger partial charge in [0.1, 0.15) is 0 Å². The Morgan fingerprint density at radius 3 is 2.12 bits per heavy atom. The molecule has 0 saturated heterocycles. The van der Waals surface area contributed by atoms with Crippen molar-refractivity contribution in [3.05, 3.63) is 47.0 Å². The third kappa shape index (κ3) is 1.55. The van der Waals surface area contributed by atoms with Crippen molar-refractivity contribution in [3.63, 3.8) is 0 Å². The van der Waals surface area contributed by atoms with Gasteiger partial charge < -0.3 is 5.11 Å². The SMILES string of the molecule is CC1=C(C(C)(C)C)C(O)(c2ccccc2)C1=O. The van der Waals surface area contributed by atoms with Crippen molar-refractivity contribution in [1.29, 1.82) is 0 Å². The molecular weight excluding hydrogens is 212 g/mol. The number of benzene rings is 1. The second kappa shape index (κ2) is 3.54. The Morgan fingerprint density at radius 2 is 1.65 bits per heavy atom. The third-order valence-electron chi connectivity index (χ3n) is 3.35. The van der Waals surface area contributed by atoms with Gasteiger partial charge in [0.05, 0.1) is 0 Å². The second-order valence-corrected chi connectivity index (χ2v) is 5.66. The molecule has 1 unspecified atom stereocenters. The first-order chi connectivity index (χ1) is 7.79. The van der Waals surface area contributed by atoms with E-state index in [4.69, 9.17) is 0 Å². The minimum atomic E-state index is -1.41. The Morgan fingerprint density at radius 1 is 1.12 bits per heavy atom. The van der Waals surface area contributed by atoms with Crippen LogP contribution in [0.1, 0.15) is 33.3 Å². The lowest BCUT2D eigenvalue weighted by Gasteiger charge is -2.45. The minimum absolute atomic E-state index is 0.173. The largest absolute Gasteiger partial charge is 0.373 e. The fraction of sp³-hybridized carbons (Fsp3) is 0.400. The Labute approximate surface area is 102 Å². The fourth-order valence-corrected chi connectivity index (χ4v) is 2.77. The van der Waals surface area contributed by atoms with Crippen molar-refractivity contribution < 1.29 is 9.90 Å². The molecule has 1 aromatic rings. The first-order valence-corrected chi connectivity index (χ1v) is 5.84. The van der Waals surface area contributed by atoms with Crippen LogP contribution < -0.4 is 0 Å². The molecule has 2 nitrogen and oxygen atoms in total. The highest BCUT2D eigenvalue weighted by Gasteiger charge is 2.55. The summed E-state index contributed by atoms with van der Waals surface area (Å²) >= 11 is 0. The van der Waals surface area contributed by atoms with E-state index in [0.717, 1.165) is 5.57 Å². The number of rotatable bonds is 1. The maximum absolute atomic E-state index is 12.0. The molecule has 0 aliphatic heterocycles. The smallest absolute Gasteiger partial charge is 0.199 e. The molecule has 0 bridgehead atoms. The van der Waals surface area contributed by atoms with Crippen LogP contribution in [0.4, 0.5) is 0 Å². The van der Waals surface area contributed by atoms with Crippen molar-refractivity contribution >= 4 is 5.78 Å². The number of ketones is 1. The van der Waals surface area contributed by atoms with Gasteiger partial charge in [-0.1, -0.05) is 51.1 Å². The summed E-state index contributed by atoms with van der Waals surface area (Å²) in [5.74, 6) is -0.173. The standard InChI is InChI=1S/C15H18O2/c1-10-12(14(2,3)4)15(17,13(10)16)11-8-6-5-7-9-11/h5-9,17H,1-4H3. The molecule has 2 rings (SSSR count). The van der Waals surface area contributed by atoms with Crippen LogP contribution in [0, 0.1) is 5.41 Å². The van der Waals surface area contributed by atoms with Gasteiger partial charge in [0, 0.05) is 0 Å². The van der Waals surface area contributed by atoms with Crippen molar-refractivity contribution in [3.8, 4) is 0 Å². The Kier molecular flexibility index (Phi) is 2.51. The summed E-state index contributed by atoms with van der Waals surface area (Å²) in [4.78, 5) is 12.0. The van der Waals surface area contributed by atoms with Crippen molar-refractivity contribution in [2.75, 3.05) is 0 Å². The molecule has 1 aliphatic rings. The highest BCUT2D eigenvalue weighted by molar-refractivity contribution is 6.12. The molecule has 0 radical (unpaired) electrons. The summed E-state index contributed by atoms with van der Waals surface area (Å²) < 4.78 is 0. The molecule has 0 fully saturated rings. The van der Waals surface area contributed by atoms with Gasteiger partial charge in [-0.2, -0.15) is 0 Å². The normalized spacial score (nSPS) is 24.9. The molecule has 90 valence electrons. The van der Waals surface area contributed by atoms with Crippen LogP contribution in [0.25, 0.3) is 0 Å². The number of Topliss-reactive ketones (excluding diaryl/α,β-unsaturated/α-hetero) is 1. The molecule has 17 heavy (non-hydrogen) atoms. The van der Waals surface area contributed by atoms with E-state index in [-0.39, 0.29) is 11.2 Å². The van der Waals surface area contributed by atoms with Gasteiger partial charge in [0.15, 0.2) is 11.4 Å². The first kappa shape index (κ1) is 12.1. The summed E-state index contributed by atoms with van der Waals surface area (Å²) in [5.41, 5.74) is 0.581. The summed E-state index contributed by atoms with van der Waals surface area (Å²) in [5, 5.41) is 10.7. The van der Waals surface area contributed by atoms with Gasteiger partial charge in [-0.05, 0) is 29.0 Å². The van der Waals surface area contributed by atoms with Gasteiger partial charge in [-0.25, -0.2) is 0 Å². The topological polar surface area (TPSA) is 37.3 Å². The third-order valence-corrected chi connectivity index (χ3v) is 3.35. The predicted octanol–water partition coefficient (Wildman–Crippen LogP) is 2.82. The van der Waals surface area contributed by atoms with Crippen LogP contribution in [0.3, 0.4) is 0 Å². The van der Waals surface area contributed by atoms with Crippen LogP contribution in [-0.2, 0) is 10.4 Å². The lowest BCUT2D eigenvalue weighted by Crippen LogP contribution is -2.51. The molecular formula is C15H18O2. The molecule has 0 aromatic heterocycles. The fourth-order valence-electron chi connectivity index (χ4n) is 2.77.